The summed E-state index contributed by atoms with van der Waals surface area (Å²) in [6, 6.07) is 22.5. The molecule has 0 fully saturated rings. The molecule has 150 valence electrons. The van der Waals surface area contributed by atoms with Gasteiger partial charge in [-0.1, -0.05) is 60.3 Å². The molecule has 2 heterocycles. The Kier molecular flexibility index (Phi) is 5.31. The summed E-state index contributed by atoms with van der Waals surface area (Å²) in [5.74, 6) is 0.0134. The van der Waals surface area contributed by atoms with Gasteiger partial charge in [0.05, 0.1) is 11.3 Å². The Morgan fingerprint density at radius 1 is 1.00 bits per heavy atom. The van der Waals surface area contributed by atoms with Crippen molar-refractivity contribution in [2.24, 2.45) is 0 Å². The van der Waals surface area contributed by atoms with Gasteiger partial charge < -0.3 is 5.73 Å². The predicted molar refractivity (Wildman–Crippen MR) is 119 cm³/mol. The topological polar surface area (TPSA) is 124 Å². The van der Waals surface area contributed by atoms with Gasteiger partial charge in [0.2, 0.25) is 0 Å². The maximum absolute atomic E-state index is 13.1. The minimum Gasteiger partial charge on any atom is -0.383 e. The molecule has 8 heteroatoms. The second kappa shape index (κ2) is 8.23. The number of aryl methyl sites for hydroxylation is 1. The Labute approximate surface area is 182 Å². The first-order chi connectivity index (χ1) is 15.0. The first-order valence-corrected chi connectivity index (χ1v) is 10.1. The molecule has 4 aromatic rings. The lowest BCUT2D eigenvalue weighted by atomic mass is 9.97. The molecular weight excluding hydrogens is 408 g/mol. The third kappa shape index (κ3) is 3.57. The Balaban J connectivity index is 1.89. The zero-order chi connectivity index (χ0) is 22.0. The highest BCUT2D eigenvalue weighted by atomic mass is 32.2. The van der Waals surface area contributed by atoms with Gasteiger partial charge in [-0.25, -0.2) is 9.67 Å². The number of nitriles is 2. The molecule has 2 aromatic heterocycles. The second-order valence-corrected chi connectivity index (χ2v) is 7.66. The normalized spacial score (nSPS) is 10.4. The quantitative estimate of drug-likeness (QED) is 0.510. The van der Waals surface area contributed by atoms with E-state index in [1.807, 2.05) is 48.5 Å². The summed E-state index contributed by atoms with van der Waals surface area (Å²) in [5.41, 5.74) is 8.57. The van der Waals surface area contributed by atoms with Crippen LogP contribution >= 0.6 is 11.8 Å². The number of benzene rings is 2. The van der Waals surface area contributed by atoms with E-state index in [1.165, 1.54) is 4.68 Å². The van der Waals surface area contributed by atoms with Crippen LogP contribution in [-0.2, 0) is 0 Å². The van der Waals surface area contributed by atoms with Gasteiger partial charge in [-0.2, -0.15) is 10.5 Å². The van der Waals surface area contributed by atoms with Gasteiger partial charge in [-0.3, -0.25) is 9.89 Å². The van der Waals surface area contributed by atoms with Crippen LogP contribution in [0.2, 0.25) is 0 Å². The lowest BCUT2D eigenvalue weighted by Crippen LogP contribution is -2.15. The Bertz CT molecular complexity index is 1410. The van der Waals surface area contributed by atoms with Crippen molar-refractivity contribution < 1.29 is 0 Å². The minimum absolute atomic E-state index is 0.0134. The SMILES string of the molecule is Cc1[nH]n(-c2ccccc2)c(=O)c1Sc1nc(N)c(C#N)c(-c2ccccc2)c1C#N. The highest BCUT2D eigenvalue weighted by Crippen LogP contribution is 2.38. The van der Waals surface area contributed by atoms with Gasteiger partial charge in [0, 0.05) is 11.3 Å². The number of aromatic nitrogens is 3. The predicted octanol–water partition coefficient (Wildman–Crippen LogP) is 4.01. The highest BCUT2D eigenvalue weighted by molar-refractivity contribution is 7.99. The molecule has 0 amide bonds. The van der Waals surface area contributed by atoms with Gasteiger partial charge >= 0.3 is 0 Å². The molecule has 0 aliphatic rings. The van der Waals surface area contributed by atoms with Crippen molar-refractivity contribution in [2.75, 3.05) is 5.73 Å². The number of pyridine rings is 1. The van der Waals surface area contributed by atoms with E-state index in [1.54, 1.807) is 19.1 Å². The zero-order valence-electron chi connectivity index (χ0n) is 16.5. The van der Waals surface area contributed by atoms with E-state index in [2.05, 4.69) is 22.2 Å². The number of nitrogens with two attached hydrogens (primary N) is 1. The number of nitrogens with one attached hydrogen (secondary N) is 1. The summed E-state index contributed by atoms with van der Waals surface area (Å²) in [6.45, 7) is 1.78. The van der Waals surface area contributed by atoms with E-state index in [-0.39, 0.29) is 27.5 Å². The number of nitrogens with zero attached hydrogens (tertiary/aromatic N) is 4. The van der Waals surface area contributed by atoms with E-state index < -0.39 is 0 Å². The standard InChI is InChI=1S/C23H16N6OS/c1-14-20(23(30)29(28-14)16-10-6-3-7-11-16)31-22-18(13-25)19(15-8-4-2-5-9-15)17(12-24)21(26)27-22/h2-11,28H,1H3,(H2,26,27). The molecule has 0 radical (unpaired) electrons. The van der Waals surface area contributed by atoms with E-state index in [0.717, 1.165) is 11.8 Å². The highest BCUT2D eigenvalue weighted by Gasteiger charge is 2.23. The number of anilines is 1. The van der Waals surface area contributed by atoms with Crippen LogP contribution in [0.1, 0.15) is 16.8 Å². The molecule has 0 spiro atoms. The molecule has 2 aromatic carbocycles. The number of hydrogen-bond donors (Lipinski definition) is 2. The van der Waals surface area contributed by atoms with Crippen molar-refractivity contribution in [2.45, 2.75) is 16.8 Å². The second-order valence-electron chi connectivity index (χ2n) is 6.66. The first kappa shape index (κ1) is 20.0. The Morgan fingerprint density at radius 2 is 1.61 bits per heavy atom. The average Bonchev–Trinajstić information content (AvgIpc) is 3.08. The molecule has 0 bridgehead atoms. The van der Waals surface area contributed by atoms with Gasteiger partial charge in [-0.15, -0.1) is 0 Å². The fourth-order valence-corrected chi connectivity index (χ4v) is 4.24. The fraction of sp³-hybridized carbons (Fsp3) is 0.0435. The van der Waals surface area contributed by atoms with Gasteiger partial charge in [0.25, 0.3) is 5.56 Å². The van der Waals surface area contributed by atoms with Crippen LogP contribution < -0.4 is 11.3 Å². The average molecular weight is 424 g/mol. The molecule has 0 aliphatic heterocycles. The Morgan fingerprint density at radius 3 is 2.23 bits per heavy atom. The van der Waals surface area contributed by atoms with Gasteiger partial charge in [0.15, 0.2) is 0 Å². The largest absolute Gasteiger partial charge is 0.383 e. The number of aromatic amines is 1. The van der Waals surface area contributed by atoms with Crippen molar-refractivity contribution in [1.29, 1.82) is 10.5 Å². The minimum atomic E-state index is -0.261. The molecule has 4 rings (SSSR count). The molecule has 0 atom stereocenters. The summed E-state index contributed by atoms with van der Waals surface area (Å²) in [5, 5.41) is 22.9. The van der Waals surface area contributed by atoms with Crippen molar-refractivity contribution in [3.05, 3.63) is 87.8 Å². The van der Waals surface area contributed by atoms with Crippen LogP contribution in [-0.4, -0.2) is 14.8 Å². The van der Waals surface area contributed by atoms with Crippen LogP contribution in [0.4, 0.5) is 5.82 Å². The molecule has 0 saturated heterocycles. The first-order valence-electron chi connectivity index (χ1n) is 9.29. The lowest BCUT2D eigenvalue weighted by Gasteiger charge is -2.12. The van der Waals surface area contributed by atoms with Gasteiger partial charge in [-0.05, 0) is 24.6 Å². The van der Waals surface area contributed by atoms with E-state index in [0.29, 0.717) is 27.4 Å². The van der Waals surface area contributed by atoms with Crippen LogP contribution in [0.25, 0.3) is 16.8 Å². The van der Waals surface area contributed by atoms with Crippen molar-refractivity contribution in [3.8, 4) is 29.0 Å². The van der Waals surface area contributed by atoms with Crippen LogP contribution in [0, 0.1) is 29.6 Å². The van der Waals surface area contributed by atoms with E-state index in [4.69, 9.17) is 5.73 Å². The number of para-hydroxylation sites is 1. The third-order valence-corrected chi connectivity index (χ3v) is 5.88. The maximum atomic E-state index is 13.1. The molecule has 0 unspecified atom stereocenters. The fourth-order valence-electron chi connectivity index (χ4n) is 3.27. The summed E-state index contributed by atoms with van der Waals surface area (Å²) >= 11 is 1.06. The summed E-state index contributed by atoms with van der Waals surface area (Å²) < 4.78 is 1.44. The zero-order valence-corrected chi connectivity index (χ0v) is 17.3. The summed E-state index contributed by atoms with van der Waals surface area (Å²) in [4.78, 5) is 17.8. The maximum Gasteiger partial charge on any atom is 0.285 e. The monoisotopic (exact) mass is 424 g/mol. The lowest BCUT2D eigenvalue weighted by molar-refractivity contribution is 0.834. The molecule has 31 heavy (non-hydrogen) atoms. The number of H-pyrrole nitrogens is 1. The van der Waals surface area contributed by atoms with Crippen LogP contribution in [0.5, 0.6) is 0 Å². The molecule has 3 N–H and O–H groups in total. The third-order valence-electron chi connectivity index (χ3n) is 4.71. The molecule has 7 nitrogen and oxygen atoms in total. The van der Waals surface area contributed by atoms with Crippen molar-refractivity contribution in [1.82, 2.24) is 14.8 Å². The Hall–Kier alpha value is -4.27. The van der Waals surface area contributed by atoms with Crippen LogP contribution in [0.3, 0.4) is 0 Å². The van der Waals surface area contributed by atoms with E-state index >= 15 is 0 Å². The molecule has 0 saturated carbocycles. The molecular formula is C23H16N6OS. The molecule has 0 aliphatic carbocycles. The summed E-state index contributed by atoms with van der Waals surface area (Å²) in [6.07, 6.45) is 0. The van der Waals surface area contributed by atoms with Crippen molar-refractivity contribution in [3.63, 3.8) is 0 Å². The number of hydrogen-bond acceptors (Lipinski definition) is 6. The van der Waals surface area contributed by atoms with Gasteiger partial charge in [0.1, 0.15) is 33.4 Å². The smallest absolute Gasteiger partial charge is 0.285 e. The van der Waals surface area contributed by atoms with Crippen molar-refractivity contribution >= 4 is 17.6 Å². The number of nitrogen functional groups attached to an aromatic ring is 1. The van der Waals surface area contributed by atoms with E-state index in [9.17, 15) is 15.3 Å². The van der Waals surface area contributed by atoms with Crippen LogP contribution in [0.15, 0.2) is 75.4 Å². The number of rotatable bonds is 4. The summed E-state index contributed by atoms with van der Waals surface area (Å²) in [7, 11) is 0.